The van der Waals surface area contributed by atoms with Crippen molar-refractivity contribution in [1.29, 1.82) is 0 Å². The largest absolute Gasteiger partial charge is 0.463 e. The quantitative estimate of drug-likeness (QED) is 0.731. The summed E-state index contributed by atoms with van der Waals surface area (Å²) in [5.74, 6) is -1.34. The van der Waals surface area contributed by atoms with Crippen molar-refractivity contribution in [3.8, 4) is 0 Å². The molecule has 8 heteroatoms. The van der Waals surface area contributed by atoms with Crippen LogP contribution in [0.2, 0.25) is 0 Å². The zero-order valence-corrected chi connectivity index (χ0v) is 16.0. The normalized spacial score (nSPS) is 21.3. The van der Waals surface area contributed by atoms with E-state index in [1.807, 2.05) is 19.1 Å². The van der Waals surface area contributed by atoms with Crippen LogP contribution >= 0.6 is 0 Å². The second-order valence-corrected chi connectivity index (χ2v) is 8.68. The molecule has 2 aromatic rings. The third kappa shape index (κ3) is 3.13. The van der Waals surface area contributed by atoms with Crippen molar-refractivity contribution in [3.05, 3.63) is 59.7 Å². The Labute approximate surface area is 162 Å². The van der Waals surface area contributed by atoms with E-state index in [9.17, 15) is 18.0 Å². The minimum absolute atomic E-state index is 0.000462. The standard InChI is InChI=1S/C20H19NO6S/c1-13-11-14-5-2-3-8-17(14)21(13)28(24,25)16-7-4-6-15(12-16)19(22)27-18-9-10-26-20(18)23/h2-8,12-13,18H,9-11H2,1H3/t13-,18-/m0/s1. The van der Waals surface area contributed by atoms with Crippen LogP contribution in [0.4, 0.5) is 5.69 Å². The Morgan fingerprint density at radius 1 is 1.18 bits per heavy atom. The summed E-state index contributed by atoms with van der Waals surface area (Å²) in [7, 11) is -3.86. The van der Waals surface area contributed by atoms with Crippen molar-refractivity contribution in [2.75, 3.05) is 10.9 Å². The van der Waals surface area contributed by atoms with E-state index in [2.05, 4.69) is 0 Å². The van der Waals surface area contributed by atoms with Crippen LogP contribution in [0.25, 0.3) is 0 Å². The molecule has 2 aliphatic rings. The van der Waals surface area contributed by atoms with E-state index in [1.165, 1.54) is 28.6 Å². The molecule has 2 aromatic carbocycles. The van der Waals surface area contributed by atoms with E-state index in [4.69, 9.17) is 9.47 Å². The first-order chi connectivity index (χ1) is 13.4. The van der Waals surface area contributed by atoms with E-state index < -0.39 is 28.1 Å². The molecule has 0 bridgehead atoms. The Balaban J connectivity index is 1.63. The first kappa shape index (κ1) is 18.5. The molecule has 4 rings (SSSR count). The highest BCUT2D eigenvalue weighted by molar-refractivity contribution is 7.92. The van der Waals surface area contributed by atoms with Crippen LogP contribution in [-0.2, 0) is 30.7 Å². The third-order valence-electron chi connectivity index (χ3n) is 4.91. The fourth-order valence-corrected chi connectivity index (χ4v) is 5.32. The van der Waals surface area contributed by atoms with Crippen molar-refractivity contribution >= 4 is 27.6 Å². The Bertz CT molecular complexity index is 1050. The number of anilines is 1. The molecule has 0 amide bonds. The second-order valence-electron chi connectivity index (χ2n) is 6.86. The summed E-state index contributed by atoms with van der Waals surface area (Å²) in [6, 6.07) is 12.8. The lowest BCUT2D eigenvalue weighted by Crippen LogP contribution is -2.35. The number of hydrogen-bond acceptors (Lipinski definition) is 6. The van der Waals surface area contributed by atoms with Gasteiger partial charge in [-0.15, -0.1) is 0 Å². The summed E-state index contributed by atoms with van der Waals surface area (Å²) in [6.45, 7) is 2.05. The van der Waals surface area contributed by atoms with Crippen LogP contribution in [0.5, 0.6) is 0 Å². The SMILES string of the molecule is C[C@H]1Cc2ccccc2N1S(=O)(=O)c1cccc(C(=O)O[C@H]2CCOC2=O)c1. The van der Waals surface area contributed by atoms with Crippen LogP contribution in [0.15, 0.2) is 53.4 Å². The molecule has 1 saturated heterocycles. The summed E-state index contributed by atoms with van der Waals surface area (Å²) >= 11 is 0. The number of carbonyl (C=O) groups is 2. The number of para-hydroxylation sites is 1. The molecular formula is C20H19NO6S. The van der Waals surface area contributed by atoms with Crippen molar-refractivity contribution < 1.29 is 27.5 Å². The average Bonchev–Trinajstić information content (AvgIpc) is 3.24. The third-order valence-corrected chi connectivity index (χ3v) is 6.83. The van der Waals surface area contributed by atoms with Crippen molar-refractivity contribution in [1.82, 2.24) is 0 Å². The van der Waals surface area contributed by atoms with Crippen molar-refractivity contribution in [2.24, 2.45) is 0 Å². The number of ether oxygens (including phenoxy) is 2. The molecule has 0 unspecified atom stereocenters. The van der Waals surface area contributed by atoms with Crippen LogP contribution in [0, 0.1) is 0 Å². The van der Waals surface area contributed by atoms with Gasteiger partial charge in [0.1, 0.15) is 0 Å². The number of hydrogen-bond donors (Lipinski definition) is 0. The number of esters is 2. The highest BCUT2D eigenvalue weighted by atomic mass is 32.2. The summed E-state index contributed by atoms with van der Waals surface area (Å²) in [6.07, 6.45) is -0.0239. The topological polar surface area (TPSA) is 90.0 Å². The molecule has 2 atom stereocenters. The molecule has 0 N–H and O–H groups in total. The average molecular weight is 401 g/mol. The molecule has 0 radical (unpaired) electrons. The fourth-order valence-electron chi connectivity index (χ4n) is 3.58. The van der Waals surface area contributed by atoms with Crippen LogP contribution < -0.4 is 4.31 Å². The molecule has 1 fully saturated rings. The number of nitrogens with zero attached hydrogens (tertiary/aromatic N) is 1. The lowest BCUT2D eigenvalue weighted by atomic mass is 10.1. The van der Waals surface area contributed by atoms with Gasteiger partial charge in [-0.2, -0.15) is 0 Å². The van der Waals surface area contributed by atoms with Gasteiger partial charge in [0.2, 0.25) is 6.10 Å². The first-order valence-corrected chi connectivity index (χ1v) is 10.4. The number of cyclic esters (lactones) is 1. The number of fused-ring (bicyclic) bond motifs is 1. The van der Waals surface area contributed by atoms with Crippen LogP contribution in [-0.4, -0.2) is 39.1 Å². The number of benzene rings is 2. The van der Waals surface area contributed by atoms with Gasteiger partial charge in [0, 0.05) is 12.5 Å². The van der Waals surface area contributed by atoms with Crippen LogP contribution in [0.1, 0.15) is 29.3 Å². The molecule has 2 aliphatic heterocycles. The van der Waals surface area contributed by atoms with E-state index in [0.29, 0.717) is 18.5 Å². The zero-order chi connectivity index (χ0) is 19.9. The van der Waals surface area contributed by atoms with Crippen LogP contribution in [0.3, 0.4) is 0 Å². The number of carbonyl (C=O) groups excluding carboxylic acids is 2. The predicted molar refractivity (Wildman–Crippen MR) is 100 cm³/mol. The van der Waals surface area contributed by atoms with Gasteiger partial charge in [-0.05, 0) is 43.2 Å². The summed E-state index contributed by atoms with van der Waals surface area (Å²) < 4.78 is 37.9. The molecular weight excluding hydrogens is 382 g/mol. The number of rotatable bonds is 4. The maximum Gasteiger partial charge on any atom is 0.347 e. The molecule has 0 aliphatic carbocycles. The Morgan fingerprint density at radius 3 is 2.71 bits per heavy atom. The van der Waals surface area contributed by atoms with Gasteiger partial charge in [-0.25, -0.2) is 18.0 Å². The van der Waals surface area contributed by atoms with Crippen molar-refractivity contribution in [2.45, 2.75) is 36.8 Å². The van der Waals surface area contributed by atoms with Gasteiger partial charge in [-0.3, -0.25) is 4.31 Å². The summed E-state index contributed by atoms with van der Waals surface area (Å²) in [5, 5.41) is 0. The van der Waals surface area contributed by atoms with Gasteiger partial charge in [0.05, 0.1) is 22.8 Å². The molecule has 0 aromatic heterocycles. The van der Waals surface area contributed by atoms with Gasteiger partial charge in [-0.1, -0.05) is 24.3 Å². The highest BCUT2D eigenvalue weighted by Gasteiger charge is 2.36. The van der Waals surface area contributed by atoms with E-state index in [1.54, 1.807) is 12.1 Å². The minimum Gasteiger partial charge on any atom is -0.463 e. The monoisotopic (exact) mass is 401 g/mol. The van der Waals surface area contributed by atoms with Gasteiger partial charge in [0.25, 0.3) is 10.0 Å². The summed E-state index contributed by atoms with van der Waals surface area (Å²) in [5.41, 5.74) is 1.69. The molecule has 0 spiro atoms. The maximum absolute atomic E-state index is 13.3. The number of sulfonamides is 1. The lowest BCUT2D eigenvalue weighted by Gasteiger charge is -2.24. The van der Waals surface area contributed by atoms with E-state index >= 15 is 0 Å². The Hall–Kier alpha value is -2.87. The molecule has 7 nitrogen and oxygen atoms in total. The maximum atomic E-state index is 13.3. The van der Waals surface area contributed by atoms with Crippen molar-refractivity contribution in [3.63, 3.8) is 0 Å². The Kier molecular flexibility index (Phi) is 4.58. The molecule has 0 saturated carbocycles. The van der Waals surface area contributed by atoms with E-state index in [0.717, 1.165) is 5.56 Å². The van der Waals surface area contributed by atoms with Gasteiger partial charge < -0.3 is 9.47 Å². The first-order valence-electron chi connectivity index (χ1n) is 8.98. The molecule has 28 heavy (non-hydrogen) atoms. The zero-order valence-electron chi connectivity index (χ0n) is 15.2. The van der Waals surface area contributed by atoms with Gasteiger partial charge in [0.15, 0.2) is 0 Å². The van der Waals surface area contributed by atoms with E-state index in [-0.39, 0.29) is 23.1 Å². The van der Waals surface area contributed by atoms with Gasteiger partial charge >= 0.3 is 11.9 Å². The molecule has 2 heterocycles. The predicted octanol–water partition coefficient (Wildman–Crippen LogP) is 2.30. The minimum atomic E-state index is -3.86. The highest BCUT2D eigenvalue weighted by Crippen LogP contribution is 2.36. The fraction of sp³-hybridized carbons (Fsp3) is 0.300. The molecule has 146 valence electrons. The summed E-state index contributed by atoms with van der Waals surface area (Å²) in [4.78, 5) is 23.9. The smallest absolute Gasteiger partial charge is 0.347 e. The lowest BCUT2D eigenvalue weighted by molar-refractivity contribution is -0.145. The Morgan fingerprint density at radius 2 is 1.96 bits per heavy atom. The second kappa shape index (κ2) is 6.94.